The lowest BCUT2D eigenvalue weighted by atomic mass is 9.95. The zero-order chi connectivity index (χ0) is 21.8. The van der Waals surface area contributed by atoms with E-state index < -0.39 is 0 Å². The van der Waals surface area contributed by atoms with Crippen molar-refractivity contribution in [2.75, 3.05) is 28.6 Å². The molecule has 0 fully saturated rings. The number of carbonyl (C=O) groups is 1. The van der Waals surface area contributed by atoms with Gasteiger partial charge in [-0.25, -0.2) is 9.97 Å². The van der Waals surface area contributed by atoms with Crippen LogP contribution in [-0.4, -0.2) is 38.8 Å². The van der Waals surface area contributed by atoms with Crippen molar-refractivity contribution in [3.05, 3.63) is 65.5 Å². The van der Waals surface area contributed by atoms with Crippen LogP contribution in [0.2, 0.25) is 0 Å². The van der Waals surface area contributed by atoms with Crippen molar-refractivity contribution in [1.82, 2.24) is 15.0 Å². The summed E-state index contributed by atoms with van der Waals surface area (Å²) in [5.74, 6) is 0.986. The second-order valence-corrected chi connectivity index (χ2v) is 8.02. The Bertz CT molecular complexity index is 1120. The first-order valence-corrected chi connectivity index (χ1v) is 10.6. The summed E-state index contributed by atoms with van der Waals surface area (Å²) in [6, 6.07) is 5.66. The number of carbonyl (C=O) groups excluding carboxylic acids is 1. The Hall–Kier alpha value is -3.39. The highest BCUT2D eigenvalue weighted by atomic mass is 32.1. The molecule has 1 aliphatic carbocycles. The number of hydrogen-bond donors (Lipinski definition) is 2. The maximum Gasteiger partial charge on any atom is 0.232 e. The molecule has 0 radical (unpaired) electrons. The van der Waals surface area contributed by atoms with Crippen LogP contribution in [0.4, 0.5) is 23.3 Å². The number of anilines is 4. The molecule has 1 aromatic heterocycles. The highest BCUT2D eigenvalue weighted by Crippen LogP contribution is 2.27. The fourth-order valence-corrected chi connectivity index (χ4v) is 3.84. The van der Waals surface area contributed by atoms with Gasteiger partial charge in [0.15, 0.2) is 0 Å². The van der Waals surface area contributed by atoms with E-state index in [0.29, 0.717) is 11.9 Å². The van der Waals surface area contributed by atoms with Gasteiger partial charge in [-0.1, -0.05) is 36.5 Å². The molecule has 1 aromatic carbocycles. The minimum atomic E-state index is -0.110. The number of amides is 1. The van der Waals surface area contributed by atoms with Gasteiger partial charge in [-0.05, 0) is 48.3 Å². The van der Waals surface area contributed by atoms with Gasteiger partial charge in [0.2, 0.25) is 17.8 Å². The van der Waals surface area contributed by atoms with Crippen LogP contribution in [0.15, 0.2) is 60.0 Å². The number of rotatable bonds is 5. The Kier molecular flexibility index (Phi) is 6.18. The summed E-state index contributed by atoms with van der Waals surface area (Å²) < 4.78 is 0. The van der Waals surface area contributed by atoms with Crippen molar-refractivity contribution >= 4 is 46.3 Å². The van der Waals surface area contributed by atoms with Crippen molar-refractivity contribution in [3.63, 3.8) is 0 Å². The fraction of sp³-hybridized carbons (Fsp3) is 0.261. The van der Waals surface area contributed by atoms with E-state index in [4.69, 9.17) is 12.2 Å². The van der Waals surface area contributed by atoms with Gasteiger partial charge in [0, 0.05) is 42.7 Å². The lowest BCUT2D eigenvalue weighted by Crippen LogP contribution is -2.30. The Balaban J connectivity index is 1.48. The molecule has 31 heavy (non-hydrogen) atoms. The summed E-state index contributed by atoms with van der Waals surface area (Å²) in [6.07, 6.45) is 11.9. The lowest BCUT2D eigenvalue weighted by molar-refractivity contribution is -0.114. The molecular formula is C23H24N6OS. The average Bonchev–Trinajstić information content (AvgIpc) is 2.77. The Morgan fingerprint density at radius 2 is 2.06 bits per heavy atom. The summed E-state index contributed by atoms with van der Waals surface area (Å²) >= 11 is 5.34. The first-order valence-electron chi connectivity index (χ1n) is 10.2. The predicted molar refractivity (Wildman–Crippen MR) is 128 cm³/mol. The number of nitrogens with zero attached hydrogens (tertiary/aromatic N) is 4. The first kappa shape index (κ1) is 20.9. The Morgan fingerprint density at radius 1 is 1.23 bits per heavy atom. The molecule has 0 atom stereocenters. The van der Waals surface area contributed by atoms with E-state index in [9.17, 15) is 4.79 Å². The summed E-state index contributed by atoms with van der Waals surface area (Å²) in [6.45, 7) is 4.98. The van der Waals surface area contributed by atoms with Crippen LogP contribution in [0.5, 0.6) is 0 Å². The molecule has 0 saturated carbocycles. The third-order valence-electron chi connectivity index (χ3n) is 5.25. The zero-order valence-electron chi connectivity index (χ0n) is 17.6. The van der Waals surface area contributed by atoms with E-state index in [1.165, 1.54) is 24.4 Å². The lowest BCUT2D eigenvalue weighted by Gasteiger charge is -2.27. The normalized spacial score (nSPS) is 15.9. The first-order chi connectivity index (χ1) is 15.0. The van der Waals surface area contributed by atoms with Crippen molar-refractivity contribution in [1.29, 1.82) is 0 Å². The Labute approximate surface area is 187 Å². The van der Waals surface area contributed by atoms with E-state index in [1.807, 2.05) is 25.1 Å². The van der Waals surface area contributed by atoms with Crippen LogP contribution in [-0.2, 0) is 4.79 Å². The zero-order valence-corrected chi connectivity index (χ0v) is 18.4. The third-order valence-corrected chi connectivity index (χ3v) is 5.53. The smallest absolute Gasteiger partial charge is 0.232 e. The molecule has 2 N–H and O–H groups in total. The second-order valence-electron chi connectivity index (χ2n) is 7.49. The minimum Gasteiger partial charge on any atom is -0.337 e. The third kappa shape index (κ3) is 5.03. The van der Waals surface area contributed by atoms with Crippen LogP contribution < -0.4 is 15.5 Å². The van der Waals surface area contributed by atoms with Crippen molar-refractivity contribution in [2.24, 2.45) is 0 Å². The van der Waals surface area contributed by atoms with Gasteiger partial charge in [0.25, 0.3) is 0 Å². The number of benzene rings is 1. The van der Waals surface area contributed by atoms with E-state index in [2.05, 4.69) is 54.8 Å². The molecule has 0 spiro atoms. The van der Waals surface area contributed by atoms with Gasteiger partial charge >= 0.3 is 0 Å². The van der Waals surface area contributed by atoms with Crippen LogP contribution in [0.3, 0.4) is 0 Å². The van der Waals surface area contributed by atoms with Crippen LogP contribution in [0.1, 0.15) is 25.3 Å². The molecule has 0 unspecified atom stereocenters. The molecule has 1 amide bonds. The topological polar surface area (TPSA) is 83.0 Å². The Morgan fingerprint density at radius 3 is 2.81 bits per heavy atom. The molecule has 2 heterocycles. The van der Waals surface area contributed by atoms with E-state index in [-0.39, 0.29) is 5.91 Å². The van der Waals surface area contributed by atoms with Crippen LogP contribution in [0, 0.1) is 6.92 Å². The SMILES string of the molecule is CC(=O)Nc1cccc(Nc2ncnc(N3CC=C(C4=CC(=S)CC=C4)CC3)n2)c1C. The summed E-state index contributed by atoms with van der Waals surface area (Å²) in [4.78, 5) is 27.7. The largest absolute Gasteiger partial charge is 0.337 e. The predicted octanol–water partition coefficient (Wildman–Crippen LogP) is 4.27. The molecule has 0 bridgehead atoms. The highest BCUT2D eigenvalue weighted by molar-refractivity contribution is 7.80. The maximum absolute atomic E-state index is 11.4. The number of nitrogens with one attached hydrogen (secondary N) is 2. The van der Waals surface area contributed by atoms with Crippen LogP contribution in [0.25, 0.3) is 0 Å². The van der Waals surface area contributed by atoms with Crippen molar-refractivity contribution < 1.29 is 4.79 Å². The highest BCUT2D eigenvalue weighted by Gasteiger charge is 2.18. The van der Waals surface area contributed by atoms with Gasteiger partial charge in [-0.2, -0.15) is 4.98 Å². The fourth-order valence-electron chi connectivity index (χ4n) is 3.61. The monoisotopic (exact) mass is 432 g/mol. The summed E-state index contributed by atoms with van der Waals surface area (Å²) in [5, 5.41) is 6.07. The maximum atomic E-state index is 11.4. The molecule has 2 aliphatic rings. The quantitative estimate of drug-likeness (QED) is 0.683. The van der Waals surface area contributed by atoms with Crippen molar-refractivity contribution in [3.8, 4) is 0 Å². The summed E-state index contributed by atoms with van der Waals surface area (Å²) in [7, 11) is 0. The van der Waals surface area contributed by atoms with Crippen molar-refractivity contribution in [2.45, 2.75) is 26.7 Å². The molecule has 0 saturated heterocycles. The number of hydrogen-bond acceptors (Lipinski definition) is 7. The van der Waals surface area contributed by atoms with Gasteiger partial charge in [0.05, 0.1) is 0 Å². The average molecular weight is 433 g/mol. The number of aromatic nitrogens is 3. The molecule has 2 aromatic rings. The molecular weight excluding hydrogens is 408 g/mol. The molecule has 4 rings (SSSR count). The summed E-state index contributed by atoms with van der Waals surface area (Å²) in [5.41, 5.74) is 5.02. The van der Waals surface area contributed by atoms with Crippen LogP contribution >= 0.6 is 12.2 Å². The van der Waals surface area contributed by atoms with Gasteiger partial charge < -0.3 is 15.5 Å². The minimum absolute atomic E-state index is 0.110. The standard InChI is InChI=1S/C23H24N6OS/c1-15-20(26-16(2)30)7-4-8-21(15)27-22-24-14-25-23(28-22)29-11-9-17(10-12-29)18-5-3-6-19(31)13-18/h3-5,7-9,13-14H,6,10-12H2,1-2H3,(H,26,30)(H,24,25,27,28). The second kappa shape index (κ2) is 9.18. The van der Waals surface area contributed by atoms with Gasteiger partial charge in [-0.15, -0.1) is 0 Å². The number of thiocarbonyl (C=S) groups is 1. The number of allylic oxidation sites excluding steroid dienone is 4. The van der Waals surface area contributed by atoms with E-state index in [1.54, 1.807) is 0 Å². The van der Waals surface area contributed by atoms with E-state index in [0.717, 1.165) is 47.7 Å². The molecule has 7 nitrogen and oxygen atoms in total. The van der Waals surface area contributed by atoms with Gasteiger partial charge in [0.1, 0.15) is 6.33 Å². The molecule has 1 aliphatic heterocycles. The molecule has 158 valence electrons. The van der Waals surface area contributed by atoms with E-state index >= 15 is 0 Å². The van der Waals surface area contributed by atoms with Gasteiger partial charge in [-0.3, -0.25) is 4.79 Å². The molecule has 8 heteroatoms.